The topological polar surface area (TPSA) is 95.5 Å². The third kappa shape index (κ3) is 2.82. The van der Waals surface area contributed by atoms with Gasteiger partial charge in [0.2, 0.25) is 0 Å². The molecule has 0 aliphatic heterocycles. The summed E-state index contributed by atoms with van der Waals surface area (Å²) in [6, 6.07) is 6.03. The molecule has 0 bridgehead atoms. The Labute approximate surface area is 114 Å². The number of aromatic nitrogens is 1. The first-order chi connectivity index (χ1) is 9.49. The second-order valence-corrected chi connectivity index (χ2v) is 4.23. The molecule has 2 rings (SSSR count). The number of nitrogens with zero attached hydrogens (tertiary/aromatic N) is 2. The van der Waals surface area contributed by atoms with Crippen LogP contribution in [-0.2, 0) is 11.3 Å². The fourth-order valence-electron chi connectivity index (χ4n) is 1.77. The molecule has 0 aliphatic rings. The number of esters is 1. The van der Waals surface area contributed by atoms with Crippen molar-refractivity contribution in [1.82, 2.24) is 5.16 Å². The van der Waals surface area contributed by atoms with Gasteiger partial charge in [-0.3, -0.25) is 10.1 Å². The van der Waals surface area contributed by atoms with E-state index in [1.54, 1.807) is 26.0 Å². The number of aryl methyl sites for hydroxylation is 2. The van der Waals surface area contributed by atoms with Crippen molar-refractivity contribution in [2.45, 2.75) is 20.5 Å². The highest BCUT2D eigenvalue weighted by Gasteiger charge is 2.23. The Bertz CT molecular complexity index is 663. The summed E-state index contributed by atoms with van der Waals surface area (Å²) in [6.07, 6.45) is 0. The van der Waals surface area contributed by atoms with Crippen LogP contribution >= 0.6 is 0 Å². The van der Waals surface area contributed by atoms with Crippen LogP contribution in [0.2, 0.25) is 0 Å². The summed E-state index contributed by atoms with van der Waals surface area (Å²) in [4.78, 5) is 22.3. The van der Waals surface area contributed by atoms with Crippen LogP contribution in [0.25, 0.3) is 0 Å². The largest absolute Gasteiger partial charge is 0.455 e. The quantitative estimate of drug-likeness (QED) is 0.483. The van der Waals surface area contributed by atoms with Gasteiger partial charge in [0.15, 0.2) is 0 Å². The molecule has 0 spiro atoms. The summed E-state index contributed by atoms with van der Waals surface area (Å²) in [5.41, 5.74) is 0.622. The summed E-state index contributed by atoms with van der Waals surface area (Å²) in [5, 5.41) is 14.6. The normalized spacial score (nSPS) is 10.3. The van der Waals surface area contributed by atoms with E-state index in [4.69, 9.17) is 9.26 Å². The molecule has 1 aromatic heterocycles. The SMILES string of the molecule is Cc1cc(COC(=O)c2c(C)cccc2[N+](=O)[O-])no1. The lowest BCUT2D eigenvalue weighted by atomic mass is 10.1. The lowest BCUT2D eigenvalue weighted by molar-refractivity contribution is -0.385. The van der Waals surface area contributed by atoms with Crippen LogP contribution in [0.4, 0.5) is 5.69 Å². The molecule has 20 heavy (non-hydrogen) atoms. The summed E-state index contributed by atoms with van der Waals surface area (Å²) in [7, 11) is 0. The fraction of sp³-hybridized carbons (Fsp3) is 0.231. The van der Waals surface area contributed by atoms with Gasteiger partial charge in [0.1, 0.15) is 23.6 Å². The molecular weight excluding hydrogens is 264 g/mol. The van der Waals surface area contributed by atoms with E-state index in [0.29, 0.717) is 17.0 Å². The number of nitro benzene ring substituents is 1. The third-order valence-corrected chi connectivity index (χ3v) is 2.68. The van der Waals surface area contributed by atoms with Crippen LogP contribution in [0.5, 0.6) is 0 Å². The van der Waals surface area contributed by atoms with Crippen LogP contribution in [0.3, 0.4) is 0 Å². The zero-order valence-electron chi connectivity index (χ0n) is 11.0. The number of hydrogen-bond acceptors (Lipinski definition) is 6. The molecule has 2 aromatic rings. The maximum absolute atomic E-state index is 12.0. The van der Waals surface area contributed by atoms with Gasteiger partial charge in [-0.1, -0.05) is 17.3 Å². The van der Waals surface area contributed by atoms with Crippen molar-refractivity contribution in [1.29, 1.82) is 0 Å². The molecule has 0 N–H and O–H groups in total. The van der Waals surface area contributed by atoms with Gasteiger partial charge in [0.05, 0.1) is 4.92 Å². The number of carbonyl (C=O) groups is 1. The number of carbonyl (C=O) groups excluding carboxylic acids is 1. The minimum atomic E-state index is -0.754. The maximum atomic E-state index is 12.0. The Morgan fingerprint density at radius 3 is 2.80 bits per heavy atom. The number of ether oxygens (including phenoxy) is 1. The van der Waals surface area contributed by atoms with Crippen molar-refractivity contribution >= 4 is 11.7 Å². The van der Waals surface area contributed by atoms with Gasteiger partial charge in [-0.25, -0.2) is 4.79 Å². The molecule has 0 fully saturated rings. The highest BCUT2D eigenvalue weighted by atomic mass is 16.6. The van der Waals surface area contributed by atoms with Gasteiger partial charge in [-0.15, -0.1) is 0 Å². The molecule has 7 heteroatoms. The van der Waals surface area contributed by atoms with E-state index in [-0.39, 0.29) is 17.9 Å². The number of rotatable bonds is 4. The van der Waals surface area contributed by atoms with E-state index in [1.165, 1.54) is 12.1 Å². The van der Waals surface area contributed by atoms with Gasteiger partial charge in [-0.2, -0.15) is 0 Å². The first-order valence-corrected chi connectivity index (χ1v) is 5.82. The zero-order chi connectivity index (χ0) is 14.7. The Morgan fingerprint density at radius 2 is 2.20 bits per heavy atom. The molecular formula is C13H12N2O5. The van der Waals surface area contributed by atoms with Crippen LogP contribution in [-0.4, -0.2) is 16.0 Å². The van der Waals surface area contributed by atoms with E-state index in [0.717, 1.165) is 0 Å². The van der Waals surface area contributed by atoms with Crippen molar-refractivity contribution in [3.63, 3.8) is 0 Å². The van der Waals surface area contributed by atoms with Crippen LogP contribution < -0.4 is 0 Å². The van der Waals surface area contributed by atoms with E-state index < -0.39 is 10.9 Å². The Kier molecular flexibility index (Phi) is 3.79. The molecule has 0 saturated heterocycles. The third-order valence-electron chi connectivity index (χ3n) is 2.68. The molecule has 0 unspecified atom stereocenters. The lowest BCUT2D eigenvalue weighted by Gasteiger charge is -2.06. The standard InChI is InChI=1S/C13H12N2O5/c1-8-4-3-5-11(15(17)18)12(8)13(16)19-7-10-6-9(2)20-14-10/h3-6H,7H2,1-2H3. The summed E-state index contributed by atoms with van der Waals surface area (Å²) in [5.74, 6) is -0.159. The van der Waals surface area contributed by atoms with E-state index in [9.17, 15) is 14.9 Å². The predicted molar refractivity (Wildman–Crippen MR) is 68.2 cm³/mol. The summed E-state index contributed by atoms with van der Waals surface area (Å²) < 4.78 is 9.87. The highest BCUT2D eigenvalue weighted by molar-refractivity contribution is 5.95. The molecule has 0 atom stereocenters. The van der Waals surface area contributed by atoms with Gasteiger partial charge < -0.3 is 9.26 Å². The first-order valence-electron chi connectivity index (χ1n) is 5.82. The maximum Gasteiger partial charge on any atom is 0.345 e. The average molecular weight is 276 g/mol. The molecule has 1 heterocycles. The Morgan fingerprint density at radius 1 is 1.45 bits per heavy atom. The smallest absolute Gasteiger partial charge is 0.345 e. The second kappa shape index (κ2) is 5.52. The minimum absolute atomic E-state index is 0.0438. The number of hydrogen-bond donors (Lipinski definition) is 0. The molecule has 1 aromatic carbocycles. The van der Waals surface area contributed by atoms with Crippen molar-refractivity contribution < 1.29 is 19.0 Å². The number of benzene rings is 1. The van der Waals surface area contributed by atoms with Crippen LogP contribution in [0, 0.1) is 24.0 Å². The fourth-order valence-corrected chi connectivity index (χ4v) is 1.77. The van der Waals surface area contributed by atoms with Gasteiger partial charge in [0, 0.05) is 12.1 Å². The molecule has 0 amide bonds. The van der Waals surface area contributed by atoms with Gasteiger partial charge in [0.25, 0.3) is 5.69 Å². The Balaban J connectivity index is 2.19. The highest BCUT2D eigenvalue weighted by Crippen LogP contribution is 2.23. The second-order valence-electron chi connectivity index (χ2n) is 4.23. The summed E-state index contributed by atoms with van der Waals surface area (Å²) >= 11 is 0. The minimum Gasteiger partial charge on any atom is -0.455 e. The van der Waals surface area contributed by atoms with E-state index >= 15 is 0 Å². The van der Waals surface area contributed by atoms with Crippen LogP contribution in [0.1, 0.15) is 27.4 Å². The van der Waals surface area contributed by atoms with Crippen molar-refractivity contribution in [2.75, 3.05) is 0 Å². The first kappa shape index (κ1) is 13.7. The molecule has 0 saturated carbocycles. The van der Waals surface area contributed by atoms with Crippen molar-refractivity contribution in [2.24, 2.45) is 0 Å². The van der Waals surface area contributed by atoms with Gasteiger partial charge in [-0.05, 0) is 19.4 Å². The summed E-state index contributed by atoms with van der Waals surface area (Å²) in [6.45, 7) is 3.23. The zero-order valence-corrected chi connectivity index (χ0v) is 11.0. The molecule has 0 aliphatic carbocycles. The molecule has 7 nitrogen and oxygen atoms in total. The monoisotopic (exact) mass is 276 g/mol. The van der Waals surface area contributed by atoms with Gasteiger partial charge >= 0.3 is 5.97 Å². The number of nitro groups is 1. The Hall–Kier alpha value is -2.70. The molecule has 104 valence electrons. The van der Waals surface area contributed by atoms with Crippen LogP contribution in [0.15, 0.2) is 28.8 Å². The predicted octanol–water partition coefficient (Wildman–Crippen LogP) is 2.56. The lowest BCUT2D eigenvalue weighted by Crippen LogP contribution is -2.10. The molecule has 0 radical (unpaired) electrons. The van der Waals surface area contributed by atoms with Crippen molar-refractivity contribution in [3.05, 3.63) is 57.0 Å². The van der Waals surface area contributed by atoms with E-state index in [1.807, 2.05) is 0 Å². The van der Waals surface area contributed by atoms with Crippen molar-refractivity contribution in [3.8, 4) is 0 Å². The van der Waals surface area contributed by atoms with E-state index in [2.05, 4.69) is 5.16 Å². The average Bonchev–Trinajstić information content (AvgIpc) is 2.81.